The Labute approximate surface area is 164 Å². The van der Waals surface area contributed by atoms with Crippen LogP contribution in [0.5, 0.6) is 0 Å². The van der Waals surface area contributed by atoms with E-state index in [1.54, 1.807) is 6.33 Å². The molecule has 0 spiro atoms. The second-order valence-corrected chi connectivity index (χ2v) is 7.01. The number of nitrogens with one attached hydrogen (secondary N) is 1. The van der Waals surface area contributed by atoms with E-state index in [0.29, 0.717) is 6.54 Å². The zero-order chi connectivity index (χ0) is 19.5. The predicted octanol–water partition coefficient (Wildman–Crippen LogP) is 4.11. The maximum Gasteiger partial charge on any atom is 0.166 e. The normalized spacial score (nSPS) is 12.1. The van der Waals surface area contributed by atoms with Crippen LogP contribution < -0.4 is 10.2 Å². The van der Waals surface area contributed by atoms with Gasteiger partial charge in [-0.2, -0.15) is 5.10 Å². The van der Waals surface area contributed by atoms with E-state index in [1.165, 1.54) is 11.1 Å². The topological polar surface area (TPSA) is 58.9 Å². The minimum absolute atomic E-state index is 0.0641. The molecule has 2 heterocycles. The van der Waals surface area contributed by atoms with Gasteiger partial charge in [-0.25, -0.2) is 14.6 Å². The quantitative estimate of drug-likeness (QED) is 0.552. The zero-order valence-corrected chi connectivity index (χ0v) is 16.4. The van der Waals surface area contributed by atoms with Gasteiger partial charge in [0, 0.05) is 20.6 Å². The Bertz CT molecular complexity index is 1060. The minimum Gasteiger partial charge on any atom is -0.365 e. The van der Waals surface area contributed by atoms with Gasteiger partial charge in [-0.3, -0.25) is 0 Å². The largest absolute Gasteiger partial charge is 0.365 e. The molecule has 0 radical (unpaired) electrons. The van der Waals surface area contributed by atoms with Gasteiger partial charge in [0.2, 0.25) is 0 Å². The van der Waals surface area contributed by atoms with Crippen LogP contribution in [0.3, 0.4) is 0 Å². The van der Waals surface area contributed by atoms with Gasteiger partial charge in [-0.05, 0) is 18.1 Å². The fourth-order valence-corrected chi connectivity index (χ4v) is 3.33. The summed E-state index contributed by atoms with van der Waals surface area (Å²) in [6, 6.07) is 20.7. The molecule has 142 valence electrons. The molecule has 0 saturated carbocycles. The summed E-state index contributed by atoms with van der Waals surface area (Å²) in [6.45, 7) is 2.83. The number of hydrogen-bond acceptors (Lipinski definition) is 5. The molecule has 0 aliphatic carbocycles. The molecule has 6 heteroatoms. The number of nitrogens with zero attached hydrogens (tertiary/aromatic N) is 5. The van der Waals surface area contributed by atoms with Crippen molar-refractivity contribution in [1.82, 2.24) is 19.7 Å². The Morgan fingerprint density at radius 1 is 0.964 bits per heavy atom. The van der Waals surface area contributed by atoms with Gasteiger partial charge in [-0.1, -0.05) is 60.7 Å². The molecule has 1 unspecified atom stereocenters. The van der Waals surface area contributed by atoms with Gasteiger partial charge in [-0.15, -0.1) is 0 Å². The van der Waals surface area contributed by atoms with Crippen molar-refractivity contribution in [2.24, 2.45) is 0 Å². The summed E-state index contributed by atoms with van der Waals surface area (Å²) in [6.07, 6.45) is 1.60. The van der Waals surface area contributed by atoms with E-state index in [4.69, 9.17) is 5.10 Å². The van der Waals surface area contributed by atoms with Crippen molar-refractivity contribution >= 4 is 22.7 Å². The average molecular weight is 372 g/mol. The second kappa shape index (κ2) is 7.68. The minimum atomic E-state index is 0.0641. The third-order valence-corrected chi connectivity index (χ3v) is 4.85. The summed E-state index contributed by atoms with van der Waals surface area (Å²) in [7, 11) is 3.99. The Morgan fingerprint density at radius 3 is 2.32 bits per heavy atom. The van der Waals surface area contributed by atoms with Gasteiger partial charge in [0.05, 0.1) is 6.04 Å². The Morgan fingerprint density at radius 2 is 1.64 bits per heavy atom. The predicted molar refractivity (Wildman–Crippen MR) is 114 cm³/mol. The Kier molecular flexibility index (Phi) is 4.93. The average Bonchev–Trinajstić information content (AvgIpc) is 3.14. The zero-order valence-electron chi connectivity index (χ0n) is 16.4. The summed E-state index contributed by atoms with van der Waals surface area (Å²) in [5.41, 5.74) is 3.21. The molecular formula is C22H24N6. The molecule has 0 fully saturated rings. The first-order valence-corrected chi connectivity index (χ1v) is 9.38. The highest BCUT2D eigenvalue weighted by atomic mass is 15.4. The van der Waals surface area contributed by atoms with E-state index in [0.717, 1.165) is 22.7 Å². The summed E-state index contributed by atoms with van der Waals surface area (Å²) in [4.78, 5) is 11.1. The van der Waals surface area contributed by atoms with Crippen LogP contribution >= 0.6 is 0 Å². The monoisotopic (exact) mass is 372 g/mol. The lowest BCUT2D eigenvalue weighted by molar-refractivity contribution is 0.578. The SMILES string of the molecule is CC(c1ccccc1)n1nc(N(C)C)c2c(NCc3ccccc3)ncnc21. The molecule has 2 aromatic heterocycles. The van der Waals surface area contributed by atoms with Crippen LogP contribution in [0.2, 0.25) is 0 Å². The first kappa shape index (κ1) is 18.0. The number of fused-ring (bicyclic) bond motifs is 1. The highest BCUT2D eigenvalue weighted by Crippen LogP contribution is 2.32. The highest BCUT2D eigenvalue weighted by molar-refractivity contribution is 5.97. The maximum absolute atomic E-state index is 4.88. The molecule has 0 aliphatic heterocycles. The molecule has 1 N–H and O–H groups in total. The fourth-order valence-electron chi connectivity index (χ4n) is 3.33. The van der Waals surface area contributed by atoms with Gasteiger partial charge in [0.1, 0.15) is 17.5 Å². The summed E-state index contributed by atoms with van der Waals surface area (Å²) < 4.78 is 1.98. The fraction of sp³-hybridized carbons (Fsp3) is 0.227. The lowest BCUT2D eigenvalue weighted by Gasteiger charge is -2.13. The van der Waals surface area contributed by atoms with E-state index in [9.17, 15) is 0 Å². The van der Waals surface area contributed by atoms with Crippen LogP contribution in [0.15, 0.2) is 67.0 Å². The van der Waals surface area contributed by atoms with E-state index in [1.807, 2.05) is 60.1 Å². The van der Waals surface area contributed by atoms with Crippen molar-refractivity contribution in [3.05, 3.63) is 78.1 Å². The molecular weight excluding hydrogens is 348 g/mol. The van der Waals surface area contributed by atoms with Gasteiger partial charge >= 0.3 is 0 Å². The Balaban J connectivity index is 1.77. The molecule has 0 bridgehead atoms. The first-order chi connectivity index (χ1) is 13.6. The van der Waals surface area contributed by atoms with Crippen LogP contribution in [0, 0.1) is 0 Å². The van der Waals surface area contributed by atoms with Gasteiger partial charge in [0.15, 0.2) is 11.5 Å². The lowest BCUT2D eigenvalue weighted by atomic mass is 10.1. The van der Waals surface area contributed by atoms with Crippen molar-refractivity contribution in [1.29, 1.82) is 0 Å². The van der Waals surface area contributed by atoms with Gasteiger partial charge < -0.3 is 10.2 Å². The standard InChI is InChI=1S/C22H24N6/c1-16(18-12-8-5-9-13-18)28-21-19(22(26-28)27(2)3)20(24-15-25-21)23-14-17-10-6-4-7-11-17/h4-13,15-16H,14H2,1-3H3,(H,23,24,25). The van der Waals surface area contributed by atoms with Crippen LogP contribution in [-0.2, 0) is 6.54 Å². The Hall–Kier alpha value is -3.41. The molecule has 0 amide bonds. The molecule has 4 aromatic rings. The van der Waals surface area contributed by atoms with Crippen molar-refractivity contribution in [2.75, 3.05) is 24.3 Å². The summed E-state index contributed by atoms with van der Waals surface area (Å²) in [5, 5.41) is 9.28. The van der Waals surface area contributed by atoms with Crippen LogP contribution in [0.4, 0.5) is 11.6 Å². The van der Waals surface area contributed by atoms with Crippen molar-refractivity contribution in [3.63, 3.8) is 0 Å². The lowest BCUT2D eigenvalue weighted by Crippen LogP contribution is -2.13. The van der Waals surface area contributed by atoms with E-state index in [2.05, 4.69) is 46.5 Å². The molecule has 0 aliphatic rings. The molecule has 28 heavy (non-hydrogen) atoms. The number of hydrogen-bond donors (Lipinski definition) is 1. The molecule has 1 atom stereocenters. The number of benzene rings is 2. The van der Waals surface area contributed by atoms with Crippen molar-refractivity contribution < 1.29 is 0 Å². The third-order valence-electron chi connectivity index (χ3n) is 4.85. The van der Waals surface area contributed by atoms with E-state index in [-0.39, 0.29) is 6.04 Å². The summed E-state index contributed by atoms with van der Waals surface area (Å²) >= 11 is 0. The highest BCUT2D eigenvalue weighted by Gasteiger charge is 2.21. The number of aromatic nitrogens is 4. The third kappa shape index (κ3) is 3.41. The van der Waals surface area contributed by atoms with Crippen LogP contribution in [0.25, 0.3) is 11.0 Å². The maximum atomic E-state index is 4.88. The molecule has 0 saturated heterocycles. The van der Waals surface area contributed by atoms with Crippen LogP contribution in [0.1, 0.15) is 24.1 Å². The van der Waals surface area contributed by atoms with Crippen LogP contribution in [-0.4, -0.2) is 33.8 Å². The smallest absolute Gasteiger partial charge is 0.166 e. The first-order valence-electron chi connectivity index (χ1n) is 9.38. The molecule has 2 aromatic carbocycles. The van der Waals surface area contributed by atoms with E-state index < -0.39 is 0 Å². The number of anilines is 2. The van der Waals surface area contributed by atoms with E-state index >= 15 is 0 Å². The number of rotatable bonds is 6. The summed E-state index contributed by atoms with van der Waals surface area (Å²) in [5.74, 6) is 1.65. The molecule has 6 nitrogen and oxygen atoms in total. The van der Waals surface area contributed by atoms with Crippen molar-refractivity contribution in [3.8, 4) is 0 Å². The second-order valence-electron chi connectivity index (χ2n) is 7.01. The molecule has 4 rings (SSSR count). The van der Waals surface area contributed by atoms with Crippen molar-refractivity contribution in [2.45, 2.75) is 19.5 Å². The van der Waals surface area contributed by atoms with Gasteiger partial charge in [0.25, 0.3) is 0 Å².